The Balaban J connectivity index is 3.73. The predicted octanol–water partition coefficient (Wildman–Crippen LogP) is 2.88. The molecule has 0 rings (SSSR count). The van der Waals surface area contributed by atoms with Gasteiger partial charge >= 0.3 is 0 Å². The lowest BCUT2D eigenvalue weighted by Gasteiger charge is -2.26. The number of nitriles is 1. The number of nitrogens with one attached hydrogen (secondary N) is 1. The molecule has 0 aliphatic carbocycles. The van der Waals surface area contributed by atoms with E-state index in [4.69, 9.17) is 9.47 Å². The number of hydrogen-bond donors (Lipinski definition) is 1. The van der Waals surface area contributed by atoms with Crippen molar-refractivity contribution in [3.63, 3.8) is 0 Å². The van der Waals surface area contributed by atoms with E-state index in [1.54, 1.807) is 0 Å². The Kier molecular flexibility index (Phi) is 10.8. The molecule has 0 aliphatic heterocycles. The lowest BCUT2D eigenvalue weighted by Crippen LogP contribution is -2.44. The highest BCUT2D eigenvalue weighted by Gasteiger charge is 2.25. The topological polar surface area (TPSA) is 54.3 Å². The zero-order valence-electron chi connectivity index (χ0n) is 13.0. The third kappa shape index (κ3) is 8.99. The average Bonchev–Trinajstić information content (AvgIpc) is 2.41. The van der Waals surface area contributed by atoms with Gasteiger partial charge in [-0.2, -0.15) is 5.26 Å². The molecule has 0 fully saturated rings. The maximum atomic E-state index is 9.33. The van der Waals surface area contributed by atoms with Gasteiger partial charge in [0.15, 0.2) is 0 Å². The van der Waals surface area contributed by atoms with Crippen LogP contribution >= 0.6 is 0 Å². The molecule has 0 amide bonds. The van der Waals surface area contributed by atoms with Crippen LogP contribution in [-0.2, 0) is 9.47 Å². The van der Waals surface area contributed by atoms with Gasteiger partial charge in [-0.3, -0.25) is 5.32 Å². The zero-order valence-corrected chi connectivity index (χ0v) is 13.0. The van der Waals surface area contributed by atoms with Crippen molar-refractivity contribution >= 4 is 0 Å². The fourth-order valence-electron chi connectivity index (χ4n) is 1.85. The van der Waals surface area contributed by atoms with E-state index in [-0.39, 0.29) is 11.6 Å². The third-order valence-electron chi connectivity index (χ3n) is 3.10. The minimum absolute atomic E-state index is 0.258. The predicted molar refractivity (Wildman–Crippen MR) is 78.1 cm³/mol. The van der Waals surface area contributed by atoms with Crippen molar-refractivity contribution < 1.29 is 9.47 Å². The molecule has 0 radical (unpaired) electrons. The summed E-state index contributed by atoms with van der Waals surface area (Å²) in [6.45, 7) is 11.1. The van der Waals surface area contributed by atoms with Crippen LogP contribution in [0, 0.1) is 11.3 Å². The monoisotopic (exact) mass is 270 g/mol. The van der Waals surface area contributed by atoms with Gasteiger partial charge < -0.3 is 9.47 Å². The van der Waals surface area contributed by atoms with E-state index in [2.05, 4.69) is 25.2 Å². The Bertz CT molecular complexity index is 251. The molecule has 112 valence electrons. The summed E-state index contributed by atoms with van der Waals surface area (Å²) < 4.78 is 10.9. The maximum Gasteiger partial charge on any atom is 0.106 e. The fourth-order valence-corrected chi connectivity index (χ4v) is 1.85. The van der Waals surface area contributed by atoms with E-state index in [1.165, 1.54) is 0 Å². The van der Waals surface area contributed by atoms with Crippen LogP contribution < -0.4 is 5.32 Å². The van der Waals surface area contributed by atoms with Crippen molar-refractivity contribution in [1.82, 2.24) is 5.32 Å². The summed E-state index contributed by atoms with van der Waals surface area (Å²) >= 11 is 0. The van der Waals surface area contributed by atoms with Crippen molar-refractivity contribution in [3.8, 4) is 6.07 Å². The van der Waals surface area contributed by atoms with Gasteiger partial charge in [-0.25, -0.2) is 0 Å². The van der Waals surface area contributed by atoms with Gasteiger partial charge in [0, 0.05) is 6.61 Å². The Morgan fingerprint density at radius 2 is 1.95 bits per heavy atom. The molecule has 1 N–H and O–H groups in total. The molecule has 0 heterocycles. The first-order valence-corrected chi connectivity index (χ1v) is 7.45. The first-order chi connectivity index (χ1) is 9.10. The second-order valence-electron chi connectivity index (χ2n) is 5.11. The highest BCUT2D eigenvalue weighted by Crippen LogP contribution is 2.16. The molecule has 4 nitrogen and oxygen atoms in total. The molecule has 19 heavy (non-hydrogen) atoms. The minimum Gasteiger partial charge on any atom is -0.379 e. The van der Waals surface area contributed by atoms with Gasteiger partial charge in [0.25, 0.3) is 0 Å². The van der Waals surface area contributed by atoms with E-state index in [1.807, 2.05) is 13.8 Å². The molecule has 0 saturated carbocycles. The summed E-state index contributed by atoms with van der Waals surface area (Å²) in [5, 5.41) is 12.7. The summed E-state index contributed by atoms with van der Waals surface area (Å²) in [5.41, 5.74) is -0.381. The number of rotatable bonds is 12. The molecular formula is C15H30N2O2. The van der Waals surface area contributed by atoms with Crippen LogP contribution in [0.5, 0.6) is 0 Å². The normalized spacial score (nSPS) is 14.3. The first kappa shape index (κ1) is 18.4. The summed E-state index contributed by atoms with van der Waals surface area (Å²) in [6, 6.07) is 2.43. The first-order valence-electron chi connectivity index (χ1n) is 7.45. The Labute approximate surface area is 118 Å². The average molecular weight is 270 g/mol. The van der Waals surface area contributed by atoms with Crippen molar-refractivity contribution in [2.24, 2.45) is 0 Å². The number of nitrogens with zero attached hydrogens (tertiary/aromatic N) is 1. The molecule has 0 saturated heterocycles. The molecule has 4 heteroatoms. The highest BCUT2D eigenvalue weighted by atomic mass is 16.5. The highest BCUT2D eigenvalue weighted by molar-refractivity contribution is 5.05. The van der Waals surface area contributed by atoms with Gasteiger partial charge in [-0.1, -0.05) is 13.8 Å². The Morgan fingerprint density at radius 3 is 2.47 bits per heavy atom. The van der Waals surface area contributed by atoms with E-state index in [0.717, 1.165) is 32.2 Å². The number of ether oxygens (including phenoxy) is 2. The molecule has 1 unspecified atom stereocenters. The lowest BCUT2D eigenvalue weighted by atomic mass is 9.92. The second kappa shape index (κ2) is 11.2. The largest absolute Gasteiger partial charge is 0.379 e. The zero-order chi connectivity index (χ0) is 14.6. The quantitative estimate of drug-likeness (QED) is 0.554. The second-order valence-corrected chi connectivity index (χ2v) is 5.11. The SMILES string of the molecule is CCCNC(C#N)(CC)CCCOCCOC(C)C. The lowest BCUT2D eigenvalue weighted by molar-refractivity contribution is 0.0179. The summed E-state index contributed by atoms with van der Waals surface area (Å²) in [4.78, 5) is 0. The van der Waals surface area contributed by atoms with Crippen LogP contribution in [-0.4, -0.2) is 38.0 Å². The van der Waals surface area contributed by atoms with Gasteiger partial charge in [-0.05, 0) is 46.1 Å². The van der Waals surface area contributed by atoms with Crippen molar-refractivity contribution in [2.45, 2.75) is 65.0 Å². The molecule has 0 aromatic carbocycles. The smallest absolute Gasteiger partial charge is 0.106 e. The van der Waals surface area contributed by atoms with E-state index in [0.29, 0.717) is 19.8 Å². The molecular weight excluding hydrogens is 240 g/mol. The van der Waals surface area contributed by atoms with E-state index >= 15 is 0 Å². The number of hydrogen-bond acceptors (Lipinski definition) is 4. The molecule has 0 spiro atoms. The van der Waals surface area contributed by atoms with Gasteiger partial charge in [0.1, 0.15) is 5.54 Å². The van der Waals surface area contributed by atoms with Crippen molar-refractivity contribution in [2.75, 3.05) is 26.4 Å². The van der Waals surface area contributed by atoms with Crippen LogP contribution in [0.25, 0.3) is 0 Å². The molecule has 0 aromatic rings. The van der Waals surface area contributed by atoms with Crippen LogP contribution in [0.3, 0.4) is 0 Å². The Hall–Kier alpha value is -0.630. The summed E-state index contributed by atoms with van der Waals surface area (Å²) in [6.07, 6.45) is 3.88. The summed E-state index contributed by atoms with van der Waals surface area (Å²) in [5.74, 6) is 0. The van der Waals surface area contributed by atoms with Crippen LogP contribution in [0.2, 0.25) is 0 Å². The molecule has 0 aromatic heterocycles. The van der Waals surface area contributed by atoms with Crippen molar-refractivity contribution in [1.29, 1.82) is 5.26 Å². The summed E-state index contributed by atoms with van der Waals surface area (Å²) in [7, 11) is 0. The van der Waals surface area contributed by atoms with Gasteiger partial charge in [0.2, 0.25) is 0 Å². The van der Waals surface area contributed by atoms with Gasteiger partial charge in [-0.15, -0.1) is 0 Å². The standard InChI is InChI=1S/C15H30N2O2/c1-5-9-17-15(6-2,13-16)8-7-10-18-11-12-19-14(3)4/h14,17H,5-12H2,1-4H3. The van der Waals surface area contributed by atoms with Crippen LogP contribution in [0.15, 0.2) is 0 Å². The molecule has 1 atom stereocenters. The fraction of sp³-hybridized carbons (Fsp3) is 0.933. The van der Waals surface area contributed by atoms with Crippen molar-refractivity contribution in [3.05, 3.63) is 0 Å². The third-order valence-corrected chi connectivity index (χ3v) is 3.10. The minimum atomic E-state index is -0.381. The Morgan fingerprint density at radius 1 is 1.21 bits per heavy atom. The van der Waals surface area contributed by atoms with E-state index < -0.39 is 0 Å². The van der Waals surface area contributed by atoms with Crippen LogP contribution in [0.4, 0.5) is 0 Å². The van der Waals surface area contributed by atoms with E-state index in [9.17, 15) is 5.26 Å². The maximum absolute atomic E-state index is 9.33. The van der Waals surface area contributed by atoms with Gasteiger partial charge in [0.05, 0.1) is 25.4 Å². The molecule has 0 aliphatic rings. The molecule has 0 bridgehead atoms. The van der Waals surface area contributed by atoms with Crippen LogP contribution in [0.1, 0.15) is 53.4 Å².